The van der Waals surface area contributed by atoms with Gasteiger partial charge in [-0.2, -0.15) is 0 Å². The van der Waals surface area contributed by atoms with Crippen molar-refractivity contribution in [1.29, 1.82) is 0 Å². The highest BCUT2D eigenvalue weighted by atomic mass is 79.9. The minimum absolute atomic E-state index is 0.0273. The smallest absolute Gasteiger partial charge is 0.251 e. The number of hydrogen-bond donors (Lipinski definition) is 2. The minimum atomic E-state index is -0.238. The Morgan fingerprint density at radius 2 is 2.32 bits per heavy atom. The highest BCUT2D eigenvalue weighted by Gasteiger charge is 2.38. The molecule has 0 radical (unpaired) electrons. The molecule has 0 bridgehead atoms. The highest BCUT2D eigenvalue weighted by molar-refractivity contribution is 9.10. The summed E-state index contributed by atoms with van der Waals surface area (Å²) in [5.41, 5.74) is 6.40. The molecule has 2 rings (SSSR count). The third-order valence-corrected chi connectivity index (χ3v) is 4.76. The molecule has 3 nitrogen and oxygen atoms in total. The molecule has 0 aliphatic heterocycles. The molecule has 3 N–H and O–H groups in total. The molecular formula is C15H21BrN2O. The normalized spacial score (nSPS) is 27.0. The quantitative estimate of drug-likeness (QED) is 0.897. The molecule has 4 heteroatoms. The van der Waals surface area contributed by atoms with Crippen molar-refractivity contribution < 1.29 is 4.79 Å². The largest absolute Gasteiger partial charge is 0.345 e. The second-order valence-electron chi connectivity index (χ2n) is 5.47. The number of carbonyl (C=O) groups is 1. The molecule has 1 aromatic rings. The summed E-state index contributed by atoms with van der Waals surface area (Å²) in [5.74, 6) is 0.405. The fourth-order valence-electron chi connectivity index (χ4n) is 2.88. The van der Waals surface area contributed by atoms with Gasteiger partial charge in [-0.15, -0.1) is 0 Å². The van der Waals surface area contributed by atoms with E-state index in [1.165, 1.54) is 6.42 Å². The first-order chi connectivity index (χ1) is 9.07. The third-order valence-electron chi connectivity index (χ3n) is 4.27. The zero-order valence-corrected chi connectivity index (χ0v) is 12.9. The lowest BCUT2D eigenvalue weighted by atomic mass is 9.73. The fraction of sp³-hybridized carbons (Fsp3) is 0.533. The van der Waals surface area contributed by atoms with Crippen LogP contribution < -0.4 is 11.1 Å². The number of amides is 1. The average molecular weight is 325 g/mol. The van der Waals surface area contributed by atoms with Crippen molar-refractivity contribution in [2.24, 2.45) is 11.7 Å². The van der Waals surface area contributed by atoms with Gasteiger partial charge in [0.05, 0.1) is 5.54 Å². The van der Waals surface area contributed by atoms with E-state index in [0.717, 1.165) is 23.7 Å². The van der Waals surface area contributed by atoms with Crippen LogP contribution in [0.15, 0.2) is 28.7 Å². The van der Waals surface area contributed by atoms with E-state index in [0.29, 0.717) is 18.0 Å². The number of rotatable bonds is 3. The van der Waals surface area contributed by atoms with Crippen LogP contribution in [0.3, 0.4) is 0 Å². The van der Waals surface area contributed by atoms with Crippen LogP contribution in [0.5, 0.6) is 0 Å². The van der Waals surface area contributed by atoms with Gasteiger partial charge < -0.3 is 11.1 Å². The van der Waals surface area contributed by atoms with Crippen LogP contribution in [0, 0.1) is 5.92 Å². The van der Waals surface area contributed by atoms with Crippen molar-refractivity contribution in [2.45, 2.75) is 38.1 Å². The van der Waals surface area contributed by atoms with Crippen LogP contribution in [0.25, 0.3) is 0 Å². The standard InChI is InChI=1S/C15H21BrN2O/c1-11-5-2-3-8-15(11,10-17)18-14(19)12-6-4-7-13(16)9-12/h4,6-7,9,11H,2-3,5,8,10,17H2,1H3,(H,18,19). The lowest BCUT2D eigenvalue weighted by Gasteiger charge is -2.42. The average Bonchev–Trinajstić information content (AvgIpc) is 2.41. The van der Waals surface area contributed by atoms with Crippen LogP contribution in [0.1, 0.15) is 43.0 Å². The molecule has 0 aromatic heterocycles. The Morgan fingerprint density at radius 3 is 2.95 bits per heavy atom. The molecule has 1 saturated carbocycles. The van der Waals surface area contributed by atoms with Gasteiger partial charge in [-0.3, -0.25) is 4.79 Å². The summed E-state index contributed by atoms with van der Waals surface area (Å²) >= 11 is 3.39. The molecule has 1 fully saturated rings. The maximum Gasteiger partial charge on any atom is 0.251 e. The highest BCUT2D eigenvalue weighted by Crippen LogP contribution is 2.33. The Morgan fingerprint density at radius 1 is 1.53 bits per heavy atom. The molecule has 2 atom stereocenters. The van der Waals surface area contributed by atoms with E-state index in [-0.39, 0.29) is 11.4 Å². The zero-order valence-electron chi connectivity index (χ0n) is 11.3. The Hall–Kier alpha value is -0.870. The number of carbonyl (C=O) groups excluding carboxylic acids is 1. The lowest BCUT2D eigenvalue weighted by molar-refractivity contribution is 0.0812. The van der Waals surface area contributed by atoms with E-state index in [1.54, 1.807) is 0 Å². The molecule has 2 unspecified atom stereocenters. The third kappa shape index (κ3) is 3.18. The minimum Gasteiger partial charge on any atom is -0.345 e. The molecule has 1 aromatic carbocycles. The van der Waals surface area contributed by atoms with Crippen molar-refractivity contribution in [2.75, 3.05) is 6.54 Å². The summed E-state index contributed by atoms with van der Waals surface area (Å²) in [6.07, 6.45) is 4.48. The first kappa shape index (κ1) is 14.5. The number of nitrogens with two attached hydrogens (primary N) is 1. The molecular weight excluding hydrogens is 304 g/mol. The van der Waals surface area contributed by atoms with Gasteiger partial charge in [0.25, 0.3) is 5.91 Å². The monoisotopic (exact) mass is 324 g/mol. The van der Waals surface area contributed by atoms with Gasteiger partial charge in [-0.1, -0.05) is 41.8 Å². The van der Waals surface area contributed by atoms with Gasteiger partial charge in [0, 0.05) is 16.6 Å². The molecule has 0 spiro atoms. The van der Waals surface area contributed by atoms with E-state index in [1.807, 2.05) is 24.3 Å². The second-order valence-corrected chi connectivity index (χ2v) is 6.39. The van der Waals surface area contributed by atoms with Crippen molar-refractivity contribution in [3.63, 3.8) is 0 Å². The van der Waals surface area contributed by atoms with Gasteiger partial charge >= 0.3 is 0 Å². The molecule has 0 heterocycles. The van der Waals surface area contributed by atoms with Crippen LogP contribution in [-0.4, -0.2) is 18.0 Å². The summed E-state index contributed by atoms with van der Waals surface area (Å²) in [6, 6.07) is 7.46. The molecule has 19 heavy (non-hydrogen) atoms. The number of benzene rings is 1. The Labute approximate surface area is 123 Å². The van der Waals surface area contributed by atoms with Crippen molar-refractivity contribution in [3.05, 3.63) is 34.3 Å². The maximum atomic E-state index is 12.4. The first-order valence-corrected chi connectivity index (χ1v) is 7.65. The summed E-state index contributed by atoms with van der Waals surface area (Å²) in [4.78, 5) is 12.4. The SMILES string of the molecule is CC1CCCCC1(CN)NC(=O)c1cccc(Br)c1. The van der Waals surface area contributed by atoms with Crippen LogP contribution in [-0.2, 0) is 0 Å². The molecule has 1 aliphatic rings. The second kappa shape index (κ2) is 6.06. The van der Waals surface area contributed by atoms with E-state index < -0.39 is 0 Å². The summed E-state index contributed by atoms with van der Waals surface area (Å²) in [7, 11) is 0. The zero-order chi connectivity index (χ0) is 13.9. The number of nitrogens with one attached hydrogen (secondary N) is 1. The fourth-order valence-corrected chi connectivity index (χ4v) is 3.28. The van der Waals surface area contributed by atoms with Gasteiger partial charge in [-0.25, -0.2) is 0 Å². The number of hydrogen-bond acceptors (Lipinski definition) is 2. The predicted octanol–water partition coefficient (Wildman–Crippen LogP) is 3.09. The Bertz CT molecular complexity index is 463. The van der Waals surface area contributed by atoms with Crippen LogP contribution >= 0.6 is 15.9 Å². The first-order valence-electron chi connectivity index (χ1n) is 6.85. The molecule has 1 aliphatic carbocycles. The van der Waals surface area contributed by atoms with Gasteiger partial charge in [-0.05, 0) is 37.0 Å². The Balaban J connectivity index is 2.16. The van der Waals surface area contributed by atoms with Crippen molar-refractivity contribution in [3.8, 4) is 0 Å². The summed E-state index contributed by atoms with van der Waals surface area (Å²) in [5, 5.41) is 3.19. The topological polar surface area (TPSA) is 55.1 Å². The summed E-state index contributed by atoms with van der Waals surface area (Å²) in [6.45, 7) is 2.70. The van der Waals surface area contributed by atoms with E-state index in [4.69, 9.17) is 5.73 Å². The summed E-state index contributed by atoms with van der Waals surface area (Å²) < 4.78 is 0.915. The Kier molecular flexibility index (Phi) is 4.63. The predicted molar refractivity (Wildman–Crippen MR) is 81.0 cm³/mol. The van der Waals surface area contributed by atoms with Gasteiger partial charge in [0.15, 0.2) is 0 Å². The molecule has 104 valence electrons. The van der Waals surface area contributed by atoms with E-state index >= 15 is 0 Å². The van der Waals surface area contributed by atoms with Crippen LogP contribution in [0.2, 0.25) is 0 Å². The van der Waals surface area contributed by atoms with Crippen molar-refractivity contribution >= 4 is 21.8 Å². The van der Waals surface area contributed by atoms with Crippen molar-refractivity contribution in [1.82, 2.24) is 5.32 Å². The lowest BCUT2D eigenvalue weighted by Crippen LogP contribution is -2.59. The van der Waals surface area contributed by atoms with Crippen LogP contribution in [0.4, 0.5) is 0 Å². The molecule has 0 saturated heterocycles. The van der Waals surface area contributed by atoms with E-state index in [2.05, 4.69) is 28.2 Å². The number of halogens is 1. The maximum absolute atomic E-state index is 12.4. The van der Waals surface area contributed by atoms with Gasteiger partial charge in [0.2, 0.25) is 0 Å². The van der Waals surface area contributed by atoms with E-state index in [9.17, 15) is 4.79 Å². The van der Waals surface area contributed by atoms with Gasteiger partial charge in [0.1, 0.15) is 0 Å². The molecule has 1 amide bonds.